The van der Waals surface area contributed by atoms with Crippen molar-refractivity contribution in [1.29, 1.82) is 0 Å². The fourth-order valence-electron chi connectivity index (χ4n) is 1.16. The lowest BCUT2D eigenvalue weighted by molar-refractivity contribution is -0.118. The van der Waals surface area contributed by atoms with Crippen molar-refractivity contribution in [2.24, 2.45) is 5.92 Å². The number of allylic oxidation sites excluding steroid dienone is 2. The molecule has 68 valence electrons. The largest absolute Gasteiger partial charge is 0.300 e. The second-order valence-corrected chi connectivity index (χ2v) is 3.18. The smallest absolute Gasteiger partial charge is 0.155 e. The Morgan fingerprint density at radius 2 is 1.92 bits per heavy atom. The quantitative estimate of drug-likeness (QED) is 0.589. The molecule has 0 aromatic heterocycles. The first-order chi connectivity index (χ1) is 5.56. The lowest BCUT2D eigenvalue weighted by Gasteiger charge is -2.05. The zero-order chi connectivity index (χ0) is 9.56. The van der Waals surface area contributed by atoms with Crippen molar-refractivity contribution in [3.05, 3.63) is 12.2 Å². The second-order valence-electron chi connectivity index (χ2n) is 3.18. The van der Waals surface area contributed by atoms with Crippen molar-refractivity contribution in [2.75, 3.05) is 0 Å². The predicted octanol–water partition coefficient (Wildman–Crippen LogP) is 2.14. The molecule has 0 bridgehead atoms. The summed E-state index contributed by atoms with van der Waals surface area (Å²) in [5, 5.41) is 0. The number of rotatable bonds is 5. The highest BCUT2D eigenvalue weighted by molar-refractivity contribution is 5.90. The lowest BCUT2D eigenvalue weighted by atomic mass is 9.99. The molecule has 0 amide bonds. The third-order valence-corrected chi connectivity index (χ3v) is 1.54. The minimum absolute atomic E-state index is 0.103. The average Bonchev–Trinajstić information content (AvgIpc) is 1.84. The molecule has 0 N–H and O–H groups in total. The SMILES string of the molecule is C/C=C/C(=O)C[C@@H](C)CC(C)=O. The number of ketones is 2. The van der Waals surface area contributed by atoms with Crippen LogP contribution in [0.25, 0.3) is 0 Å². The van der Waals surface area contributed by atoms with Gasteiger partial charge in [-0.3, -0.25) is 4.79 Å². The van der Waals surface area contributed by atoms with E-state index in [-0.39, 0.29) is 17.5 Å². The highest BCUT2D eigenvalue weighted by Gasteiger charge is 2.08. The average molecular weight is 168 g/mol. The summed E-state index contributed by atoms with van der Waals surface area (Å²) in [6.45, 7) is 5.28. The molecule has 0 rings (SSSR count). The summed E-state index contributed by atoms with van der Waals surface area (Å²) < 4.78 is 0. The van der Waals surface area contributed by atoms with Crippen LogP contribution in [0.2, 0.25) is 0 Å². The molecule has 0 heterocycles. The van der Waals surface area contributed by atoms with Crippen LogP contribution in [0.5, 0.6) is 0 Å². The maximum absolute atomic E-state index is 11.0. The lowest BCUT2D eigenvalue weighted by Crippen LogP contribution is -2.06. The Labute approximate surface area is 73.7 Å². The molecule has 1 atom stereocenters. The third kappa shape index (κ3) is 5.83. The molecule has 0 spiro atoms. The molecule has 0 radical (unpaired) electrons. The van der Waals surface area contributed by atoms with E-state index in [4.69, 9.17) is 0 Å². The van der Waals surface area contributed by atoms with Crippen LogP contribution in [-0.4, -0.2) is 11.6 Å². The summed E-state index contributed by atoms with van der Waals surface area (Å²) in [6, 6.07) is 0. The molecule has 0 saturated carbocycles. The minimum Gasteiger partial charge on any atom is -0.300 e. The van der Waals surface area contributed by atoms with Gasteiger partial charge in [0.2, 0.25) is 0 Å². The Morgan fingerprint density at radius 3 is 2.33 bits per heavy atom. The Balaban J connectivity index is 3.76. The molecular weight excluding hydrogens is 152 g/mol. The highest BCUT2D eigenvalue weighted by Crippen LogP contribution is 2.08. The van der Waals surface area contributed by atoms with E-state index in [1.54, 1.807) is 19.1 Å². The summed E-state index contributed by atoms with van der Waals surface area (Å²) >= 11 is 0. The van der Waals surface area contributed by atoms with Gasteiger partial charge in [-0.1, -0.05) is 13.0 Å². The fourth-order valence-corrected chi connectivity index (χ4v) is 1.16. The summed E-state index contributed by atoms with van der Waals surface area (Å²) in [7, 11) is 0. The molecule has 0 aromatic carbocycles. The van der Waals surface area contributed by atoms with E-state index >= 15 is 0 Å². The number of Topliss-reactive ketones (excluding diaryl/α,β-unsaturated/α-hetero) is 1. The first-order valence-corrected chi connectivity index (χ1v) is 4.21. The van der Waals surface area contributed by atoms with Crippen LogP contribution in [-0.2, 0) is 9.59 Å². The van der Waals surface area contributed by atoms with Crippen molar-refractivity contribution in [3.63, 3.8) is 0 Å². The number of carbonyl (C=O) groups excluding carboxylic acids is 2. The van der Waals surface area contributed by atoms with Gasteiger partial charge < -0.3 is 4.79 Å². The first kappa shape index (κ1) is 11.1. The van der Waals surface area contributed by atoms with Crippen LogP contribution in [0.1, 0.15) is 33.6 Å². The molecule has 0 saturated heterocycles. The van der Waals surface area contributed by atoms with Crippen molar-refractivity contribution in [3.8, 4) is 0 Å². The molecular formula is C10H16O2. The van der Waals surface area contributed by atoms with Crippen LogP contribution in [0, 0.1) is 5.92 Å². The van der Waals surface area contributed by atoms with Gasteiger partial charge in [0, 0.05) is 12.8 Å². The van der Waals surface area contributed by atoms with E-state index in [9.17, 15) is 9.59 Å². The standard InChI is InChI=1S/C10H16O2/c1-4-5-10(12)7-8(2)6-9(3)11/h4-5,8H,6-7H2,1-3H3/b5-4+/t8-/m0/s1. The van der Waals surface area contributed by atoms with Gasteiger partial charge in [-0.25, -0.2) is 0 Å². The normalized spacial score (nSPS) is 13.2. The van der Waals surface area contributed by atoms with E-state index in [2.05, 4.69) is 0 Å². The van der Waals surface area contributed by atoms with Gasteiger partial charge >= 0.3 is 0 Å². The van der Waals surface area contributed by atoms with Crippen molar-refractivity contribution in [1.82, 2.24) is 0 Å². The summed E-state index contributed by atoms with van der Waals surface area (Å²) in [5.41, 5.74) is 0. The highest BCUT2D eigenvalue weighted by atomic mass is 16.1. The summed E-state index contributed by atoms with van der Waals surface area (Å²) in [4.78, 5) is 21.7. The van der Waals surface area contributed by atoms with E-state index < -0.39 is 0 Å². The third-order valence-electron chi connectivity index (χ3n) is 1.54. The maximum atomic E-state index is 11.0. The molecule has 2 heteroatoms. The number of carbonyl (C=O) groups is 2. The first-order valence-electron chi connectivity index (χ1n) is 4.21. The summed E-state index contributed by atoms with van der Waals surface area (Å²) in [6.07, 6.45) is 4.26. The van der Waals surface area contributed by atoms with Gasteiger partial charge in [0.1, 0.15) is 5.78 Å². The van der Waals surface area contributed by atoms with Gasteiger partial charge in [0.15, 0.2) is 5.78 Å². The van der Waals surface area contributed by atoms with Crippen LogP contribution >= 0.6 is 0 Å². The van der Waals surface area contributed by atoms with E-state index in [1.165, 1.54) is 0 Å². The molecule has 12 heavy (non-hydrogen) atoms. The Kier molecular flexibility index (Phi) is 5.26. The Hall–Kier alpha value is -0.920. The van der Waals surface area contributed by atoms with Gasteiger partial charge in [0.25, 0.3) is 0 Å². The van der Waals surface area contributed by atoms with Crippen LogP contribution in [0.15, 0.2) is 12.2 Å². The Bertz CT molecular complexity index is 192. The maximum Gasteiger partial charge on any atom is 0.155 e. The van der Waals surface area contributed by atoms with Gasteiger partial charge in [-0.05, 0) is 25.8 Å². The minimum atomic E-state index is 0.103. The van der Waals surface area contributed by atoms with Crippen LogP contribution in [0.3, 0.4) is 0 Å². The van der Waals surface area contributed by atoms with Crippen LogP contribution in [0.4, 0.5) is 0 Å². The molecule has 2 nitrogen and oxygen atoms in total. The van der Waals surface area contributed by atoms with Gasteiger partial charge in [0.05, 0.1) is 0 Å². The van der Waals surface area contributed by atoms with Crippen molar-refractivity contribution < 1.29 is 9.59 Å². The van der Waals surface area contributed by atoms with Crippen molar-refractivity contribution >= 4 is 11.6 Å². The molecule has 0 aliphatic rings. The Morgan fingerprint density at radius 1 is 1.33 bits per heavy atom. The molecule has 0 aliphatic carbocycles. The number of hydrogen-bond acceptors (Lipinski definition) is 2. The monoisotopic (exact) mass is 168 g/mol. The zero-order valence-corrected chi connectivity index (χ0v) is 7.96. The number of hydrogen-bond donors (Lipinski definition) is 0. The van der Waals surface area contributed by atoms with Gasteiger partial charge in [-0.2, -0.15) is 0 Å². The fraction of sp³-hybridized carbons (Fsp3) is 0.600. The predicted molar refractivity (Wildman–Crippen MR) is 48.9 cm³/mol. The van der Waals surface area contributed by atoms with E-state index in [0.717, 1.165) is 0 Å². The molecule has 0 fully saturated rings. The van der Waals surface area contributed by atoms with Crippen molar-refractivity contribution in [2.45, 2.75) is 33.6 Å². The van der Waals surface area contributed by atoms with E-state index in [0.29, 0.717) is 12.8 Å². The zero-order valence-electron chi connectivity index (χ0n) is 7.96. The topological polar surface area (TPSA) is 34.1 Å². The van der Waals surface area contributed by atoms with E-state index in [1.807, 2.05) is 13.8 Å². The summed E-state index contributed by atoms with van der Waals surface area (Å²) in [5.74, 6) is 0.424. The molecule has 0 unspecified atom stereocenters. The molecule has 0 aliphatic heterocycles. The second kappa shape index (κ2) is 5.70. The van der Waals surface area contributed by atoms with Gasteiger partial charge in [-0.15, -0.1) is 0 Å². The molecule has 0 aromatic rings. The van der Waals surface area contributed by atoms with Crippen LogP contribution < -0.4 is 0 Å².